The Morgan fingerprint density at radius 2 is 1.57 bits per heavy atom. The van der Waals surface area contributed by atoms with Crippen LogP contribution in [0.25, 0.3) is 5.69 Å². The Labute approximate surface area is 259 Å². The Hall–Kier alpha value is -3.78. The van der Waals surface area contributed by atoms with E-state index in [9.17, 15) is 9.90 Å². The molecule has 0 fully saturated rings. The van der Waals surface area contributed by atoms with Crippen molar-refractivity contribution in [3.8, 4) is 11.4 Å². The van der Waals surface area contributed by atoms with Crippen LogP contribution in [0, 0.1) is 0 Å². The minimum absolute atomic E-state index is 0.0152. The number of phenols is 1. The molecular weight excluding hydrogens is 587 g/mol. The minimum atomic E-state index is -0.297. The molecule has 0 aliphatic heterocycles. The molecule has 0 saturated carbocycles. The highest BCUT2D eigenvalue weighted by molar-refractivity contribution is 7.98. The van der Waals surface area contributed by atoms with Gasteiger partial charge in [0.2, 0.25) is 0 Å². The van der Waals surface area contributed by atoms with Crippen molar-refractivity contribution in [2.75, 3.05) is 6.54 Å². The summed E-state index contributed by atoms with van der Waals surface area (Å²) in [4.78, 5) is 12.6. The zero-order valence-corrected chi connectivity index (χ0v) is 25.1. The summed E-state index contributed by atoms with van der Waals surface area (Å²) in [6.07, 6.45) is 2.23. The van der Waals surface area contributed by atoms with Gasteiger partial charge in [0.15, 0.2) is 5.16 Å². The lowest BCUT2D eigenvalue weighted by molar-refractivity contribution is 0.0950. The molecule has 5 rings (SSSR count). The summed E-state index contributed by atoms with van der Waals surface area (Å²) >= 11 is 14.2. The number of hydrogen-bond donors (Lipinski definition) is 2. The fraction of sp³-hybridized carbons (Fsp3) is 0.182. The summed E-state index contributed by atoms with van der Waals surface area (Å²) in [7, 11) is 0. The van der Waals surface area contributed by atoms with Gasteiger partial charge in [0.25, 0.3) is 5.91 Å². The van der Waals surface area contributed by atoms with Gasteiger partial charge in [-0.05, 0) is 72.9 Å². The highest BCUT2D eigenvalue weighted by atomic mass is 35.5. The average Bonchev–Trinajstić information content (AvgIpc) is 3.42. The highest BCUT2D eigenvalue weighted by Crippen LogP contribution is 2.33. The van der Waals surface area contributed by atoms with E-state index in [2.05, 4.69) is 27.1 Å². The van der Waals surface area contributed by atoms with Crippen molar-refractivity contribution in [3.63, 3.8) is 0 Å². The lowest BCUT2D eigenvalue weighted by atomic mass is 9.93. The number of aromatic hydroxyl groups is 1. The van der Waals surface area contributed by atoms with Crippen LogP contribution in [-0.4, -0.2) is 32.3 Å². The van der Waals surface area contributed by atoms with Crippen molar-refractivity contribution >= 4 is 40.9 Å². The normalized spacial score (nSPS) is 11.8. The molecule has 0 aliphatic rings. The zero-order chi connectivity index (χ0) is 29.3. The summed E-state index contributed by atoms with van der Waals surface area (Å²) in [5, 5.41) is 24.4. The largest absolute Gasteiger partial charge is 0.507 e. The number of rotatable bonds is 12. The SMILES string of the molecule is O=C(NCCCC(Cc1ccccc1)c1nnc(SCc2cccc(Cl)c2)n1-c1cccc(Cl)c1)c1ccccc1O. The van der Waals surface area contributed by atoms with E-state index in [0.29, 0.717) is 28.8 Å². The molecule has 1 aromatic heterocycles. The molecule has 0 aliphatic carbocycles. The second kappa shape index (κ2) is 14.4. The molecule has 2 N–H and O–H groups in total. The predicted octanol–water partition coefficient (Wildman–Crippen LogP) is 8.11. The number of carbonyl (C=O) groups is 1. The minimum Gasteiger partial charge on any atom is -0.507 e. The van der Waals surface area contributed by atoms with E-state index in [0.717, 1.165) is 35.1 Å². The van der Waals surface area contributed by atoms with Crippen LogP contribution in [0.4, 0.5) is 0 Å². The van der Waals surface area contributed by atoms with Crippen LogP contribution in [-0.2, 0) is 12.2 Å². The number of para-hydroxylation sites is 1. The molecule has 4 aromatic carbocycles. The molecule has 42 heavy (non-hydrogen) atoms. The Morgan fingerprint density at radius 3 is 2.33 bits per heavy atom. The Bertz CT molecular complexity index is 1640. The van der Waals surface area contributed by atoms with Crippen molar-refractivity contribution < 1.29 is 9.90 Å². The maximum absolute atomic E-state index is 12.6. The number of benzene rings is 4. The predicted molar refractivity (Wildman–Crippen MR) is 170 cm³/mol. The number of aromatic nitrogens is 3. The van der Waals surface area contributed by atoms with Crippen LogP contribution in [0.15, 0.2) is 108 Å². The van der Waals surface area contributed by atoms with Crippen LogP contribution in [0.2, 0.25) is 10.0 Å². The monoisotopic (exact) mass is 616 g/mol. The van der Waals surface area contributed by atoms with Gasteiger partial charge in [-0.2, -0.15) is 0 Å². The number of halogens is 2. The molecule has 0 bridgehead atoms. The van der Waals surface area contributed by atoms with Gasteiger partial charge in [0.1, 0.15) is 11.6 Å². The van der Waals surface area contributed by atoms with E-state index >= 15 is 0 Å². The van der Waals surface area contributed by atoms with Crippen molar-refractivity contribution in [3.05, 3.63) is 136 Å². The van der Waals surface area contributed by atoms with Crippen LogP contribution >= 0.6 is 35.0 Å². The fourth-order valence-electron chi connectivity index (χ4n) is 4.80. The van der Waals surface area contributed by atoms with E-state index in [1.165, 1.54) is 11.6 Å². The van der Waals surface area contributed by atoms with Crippen molar-refractivity contribution in [1.82, 2.24) is 20.1 Å². The third-order valence-electron chi connectivity index (χ3n) is 6.84. The summed E-state index contributed by atoms with van der Waals surface area (Å²) in [6, 6.07) is 32.4. The molecule has 1 atom stereocenters. The summed E-state index contributed by atoms with van der Waals surface area (Å²) in [6.45, 7) is 0.458. The summed E-state index contributed by atoms with van der Waals surface area (Å²) in [5.74, 6) is 1.20. The van der Waals surface area contributed by atoms with E-state index in [-0.39, 0.29) is 23.1 Å². The first kappa shape index (κ1) is 29.7. The molecule has 9 heteroatoms. The standard InChI is InChI=1S/C33H30Cl2N4O2S/c34-26-13-6-11-24(20-26)22-42-33-38-37-31(39(33)28-15-7-14-27(35)21-28)25(19-23-9-2-1-3-10-23)12-8-18-36-32(41)29-16-4-5-17-30(29)40/h1-7,9-11,13-17,20-21,25,40H,8,12,18-19,22H2,(H,36,41). The van der Waals surface area contributed by atoms with Gasteiger partial charge in [-0.15, -0.1) is 10.2 Å². The molecule has 0 saturated heterocycles. The molecule has 5 aromatic rings. The number of carbonyl (C=O) groups excluding carboxylic acids is 1. The molecule has 1 unspecified atom stereocenters. The maximum atomic E-state index is 12.6. The average molecular weight is 618 g/mol. The van der Waals surface area contributed by atoms with Gasteiger partial charge in [-0.3, -0.25) is 9.36 Å². The Morgan fingerprint density at radius 1 is 0.857 bits per heavy atom. The van der Waals surface area contributed by atoms with Gasteiger partial charge in [0.05, 0.1) is 11.3 Å². The topological polar surface area (TPSA) is 80.0 Å². The van der Waals surface area contributed by atoms with E-state index in [4.69, 9.17) is 28.3 Å². The smallest absolute Gasteiger partial charge is 0.255 e. The number of nitrogens with one attached hydrogen (secondary N) is 1. The number of phenolic OH excluding ortho intramolecular Hbond substituents is 1. The van der Waals surface area contributed by atoms with Crippen molar-refractivity contribution in [2.24, 2.45) is 0 Å². The van der Waals surface area contributed by atoms with Gasteiger partial charge in [-0.25, -0.2) is 0 Å². The Balaban J connectivity index is 1.40. The molecule has 0 radical (unpaired) electrons. The maximum Gasteiger partial charge on any atom is 0.255 e. The van der Waals surface area contributed by atoms with Crippen molar-refractivity contribution in [2.45, 2.75) is 36.1 Å². The van der Waals surface area contributed by atoms with Gasteiger partial charge >= 0.3 is 0 Å². The van der Waals surface area contributed by atoms with Crippen LogP contribution < -0.4 is 5.32 Å². The third kappa shape index (κ3) is 7.73. The molecule has 0 spiro atoms. The number of amides is 1. The molecule has 1 heterocycles. The summed E-state index contributed by atoms with van der Waals surface area (Å²) < 4.78 is 2.09. The molecular formula is C33H30Cl2N4O2S. The third-order valence-corrected chi connectivity index (χ3v) is 8.31. The van der Waals surface area contributed by atoms with Gasteiger partial charge in [0, 0.05) is 28.3 Å². The number of hydrogen-bond acceptors (Lipinski definition) is 5. The van der Waals surface area contributed by atoms with Crippen LogP contribution in [0.5, 0.6) is 5.75 Å². The van der Waals surface area contributed by atoms with Gasteiger partial charge < -0.3 is 10.4 Å². The number of thioether (sulfide) groups is 1. The Kier molecular flexibility index (Phi) is 10.2. The molecule has 6 nitrogen and oxygen atoms in total. The first-order chi connectivity index (χ1) is 20.5. The van der Waals surface area contributed by atoms with E-state index in [1.54, 1.807) is 30.0 Å². The first-order valence-corrected chi connectivity index (χ1v) is 15.4. The molecule has 214 valence electrons. The van der Waals surface area contributed by atoms with Gasteiger partial charge in [-0.1, -0.05) is 95.6 Å². The first-order valence-electron chi connectivity index (χ1n) is 13.7. The van der Waals surface area contributed by atoms with Crippen molar-refractivity contribution in [1.29, 1.82) is 0 Å². The lowest BCUT2D eigenvalue weighted by Crippen LogP contribution is -2.25. The fourth-order valence-corrected chi connectivity index (χ4v) is 6.10. The van der Waals surface area contributed by atoms with Crippen LogP contribution in [0.3, 0.4) is 0 Å². The second-order valence-electron chi connectivity index (χ2n) is 9.88. The summed E-state index contributed by atoms with van der Waals surface area (Å²) in [5.41, 5.74) is 3.44. The van der Waals surface area contributed by atoms with Crippen LogP contribution in [0.1, 0.15) is 46.1 Å². The lowest BCUT2D eigenvalue weighted by Gasteiger charge is -2.19. The molecule has 1 amide bonds. The van der Waals surface area contributed by atoms with E-state index < -0.39 is 0 Å². The second-order valence-corrected chi connectivity index (χ2v) is 11.7. The highest BCUT2D eigenvalue weighted by Gasteiger charge is 2.24. The quantitative estimate of drug-likeness (QED) is 0.109. The zero-order valence-electron chi connectivity index (χ0n) is 22.8. The van der Waals surface area contributed by atoms with E-state index in [1.807, 2.05) is 66.7 Å². The number of nitrogens with zero attached hydrogens (tertiary/aromatic N) is 3.